The number of rotatable bonds is 3. The highest BCUT2D eigenvalue weighted by Crippen LogP contribution is 2.19. The van der Waals surface area contributed by atoms with Crippen molar-refractivity contribution in [3.05, 3.63) is 0 Å². The fraction of sp³-hybridized carbons (Fsp3) is 1.00. The summed E-state index contributed by atoms with van der Waals surface area (Å²) in [6, 6.07) is 1.98. The van der Waals surface area contributed by atoms with Crippen LogP contribution in [0.15, 0.2) is 0 Å². The minimum Gasteiger partial charge on any atom is -0.380 e. The molecule has 2 aliphatic heterocycles. The van der Waals surface area contributed by atoms with Gasteiger partial charge >= 0.3 is 0 Å². The summed E-state index contributed by atoms with van der Waals surface area (Å²) in [5, 5.41) is 3.67. The molecule has 2 saturated heterocycles. The van der Waals surface area contributed by atoms with Gasteiger partial charge in [-0.25, -0.2) is 0 Å². The Morgan fingerprint density at radius 1 is 1.25 bits per heavy atom. The largest absolute Gasteiger partial charge is 0.380 e. The number of nitrogens with zero attached hydrogens (tertiary/aromatic N) is 1. The first-order chi connectivity index (χ1) is 7.75. The lowest BCUT2D eigenvalue weighted by Crippen LogP contribution is -2.52. The summed E-state index contributed by atoms with van der Waals surface area (Å²) in [6.07, 6.45) is 5.24. The van der Waals surface area contributed by atoms with Gasteiger partial charge in [0.25, 0.3) is 0 Å². The molecular formula is C13H26N2O. The van der Waals surface area contributed by atoms with Crippen LogP contribution in [0.4, 0.5) is 0 Å². The van der Waals surface area contributed by atoms with E-state index in [1.807, 2.05) is 0 Å². The summed E-state index contributed by atoms with van der Waals surface area (Å²) >= 11 is 0. The minimum atomic E-state index is 0.604. The van der Waals surface area contributed by atoms with E-state index in [1.165, 1.54) is 38.8 Å². The van der Waals surface area contributed by atoms with Gasteiger partial charge in [0, 0.05) is 31.3 Å². The molecule has 3 heteroatoms. The zero-order chi connectivity index (χ0) is 11.4. The van der Waals surface area contributed by atoms with Crippen LogP contribution in [-0.2, 0) is 4.74 Å². The summed E-state index contributed by atoms with van der Waals surface area (Å²) in [5.41, 5.74) is 0. The van der Waals surface area contributed by atoms with Crippen LogP contribution in [-0.4, -0.2) is 49.3 Å². The standard InChI is InChI=1S/C13H26N2O/c1-11(2)14-12-5-3-7-15(9-12)13-6-4-8-16-10-13/h11-14H,3-10H2,1-2H3. The average molecular weight is 226 g/mol. The van der Waals surface area contributed by atoms with Gasteiger partial charge < -0.3 is 10.1 Å². The van der Waals surface area contributed by atoms with Gasteiger partial charge in [0.2, 0.25) is 0 Å². The van der Waals surface area contributed by atoms with Crippen molar-refractivity contribution < 1.29 is 4.74 Å². The molecule has 0 aromatic heterocycles. The Hall–Kier alpha value is -0.120. The van der Waals surface area contributed by atoms with E-state index in [2.05, 4.69) is 24.1 Å². The maximum absolute atomic E-state index is 5.59. The Kier molecular flexibility index (Phi) is 4.62. The van der Waals surface area contributed by atoms with Gasteiger partial charge in [-0.3, -0.25) is 4.90 Å². The summed E-state index contributed by atoms with van der Waals surface area (Å²) in [6.45, 7) is 8.88. The van der Waals surface area contributed by atoms with Gasteiger partial charge in [-0.15, -0.1) is 0 Å². The number of hydrogen-bond acceptors (Lipinski definition) is 3. The van der Waals surface area contributed by atoms with Crippen LogP contribution in [0.2, 0.25) is 0 Å². The molecule has 2 unspecified atom stereocenters. The number of piperidine rings is 1. The van der Waals surface area contributed by atoms with Crippen molar-refractivity contribution in [1.29, 1.82) is 0 Å². The first-order valence-corrected chi connectivity index (χ1v) is 6.83. The van der Waals surface area contributed by atoms with E-state index in [9.17, 15) is 0 Å². The smallest absolute Gasteiger partial charge is 0.0621 e. The predicted molar refractivity (Wildman–Crippen MR) is 66.7 cm³/mol. The molecule has 16 heavy (non-hydrogen) atoms. The van der Waals surface area contributed by atoms with Crippen molar-refractivity contribution in [3.8, 4) is 0 Å². The second-order valence-electron chi connectivity index (χ2n) is 5.53. The van der Waals surface area contributed by atoms with E-state index in [4.69, 9.17) is 4.74 Å². The van der Waals surface area contributed by atoms with Crippen LogP contribution < -0.4 is 5.32 Å². The number of hydrogen-bond donors (Lipinski definition) is 1. The molecule has 0 amide bonds. The zero-order valence-corrected chi connectivity index (χ0v) is 10.7. The van der Waals surface area contributed by atoms with Crippen molar-refractivity contribution >= 4 is 0 Å². The Bertz CT molecular complexity index is 202. The Morgan fingerprint density at radius 2 is 2.12 bits per heavy atom. The maximum atomic E-state index is 5.59. The van der Waals surface area contributed by atoms with Crippen LogP contribution >= 0.6 is 0 Å². The van der Waals surface area contributed by atoms with Crippen molar-refractivity contribution in [3.63, 3.8) is 0 Å². The third-order valence-electron chi connectivity index (χ3n) is 3.67. The summed E-state index contributed by atoms with van der Waals surface area (Å²) < 4.78 is 5.59. The van der Waals surface area contributed by atoms with Crippen LogP contribution in [0, 0.1) is 0 Å². The van der Waals surface area contributed by atoms with Crippen LogP contribution in [0.5, 0.6) is 0 Å². The van der Waals surface area contributed by atoms with Crippen LogP contribution in [0.1, 0.15) is 39.5 Å². The third kappa shape index (κ3) is 3.44. The first-order valence-electron chi connectivity index (χ1n) is 6.83. The Balaban J connectivity index is 1.80. The SMILES string of the molecule is CC(C)NC1CCCN(C2CCCOC2)C1. The second kappa shape index (κ2) is 5.99. The maximum Gasteiger partial charge on any atom is 0.0621 e. The molecule has 3 nitrogen and oxygen atoms in total. The fourth-order valence-corrected chi connectivity index (χ4v) is 2.96. The lowest BCUT2D eigenvalue weighted by Gasteiger charge is -2.40. The number of likely N-dealkylation sites (tertiary alicyclic amines) is 1. The third-order valence-corrected chi connectivity index (χ3v) is 3.67. The van der Waals surface area contributed by atoms with Gasteiger partial charge in [-0.1, -0.05) is 13.8 Å². The highest BCUT2D eigenvalue weighted by molar-refractivity contribution is 4.84. The van der Waals surface area contributed by atoms with E-state index < -0.39 is 0 Å². The second-order valence-corrected chi connectivity index (χ2v) is 5.53. The van der Waals surface area contributed by atoms with Gasteiger partial charge in [-0.2, -0.15) is 0 Å². The van der Waals surface area contributed by atoms with Crippen molar-refractivity contribution in [2.45, 2.75) is 57.7 Å². The normalized spacial score (nSPS) is 33.2. The van der Waals surface area contributed by atoms with E-state index in [0.717, 1.165) is 13.2 Å². The van der Waals surface area contributed by atoms with E-state index in [-0.39, 0.29) is 0 Å². The monoisotopic (exact) mass is 226 g/mol. The highest BCUT2D eigenvalue weighted by Gasteiger charge is 2.27. The molecule has 0 bridgehead atoms. The van der Waals surface area contributed by atoms with Crippen LogP contribution in [0.25, 0.3) is 0 Å². The van der Waals surface area contributed by atoms with Crippen molar-refractivity contribution in [2.24, 2.45) is 0 Å². The fourth-order valence-electron chi connectivity index (χ4n) is 2.96. The lowest BCUT2D eigenvalue weighted by molar-refractivity contribution is 0.00532. The van der Waals surface area contributed by atoms with E-state index >= 15 is 0 Å². The minimum absolute atomic E-state index is 0.604. The summed E-state index contributed by atoms with van der Waals surface area (Å²) in [7, 11) is 0. The Labute approximate surface area is 99.5 Å². The zero-order valence-electron chi connectivity index (χ0n) is 10.7. The van der Waals surface area contributed by atoms with Gasteiger partial charge in [-0.05, 0) is 32.2 Å². The molecule has 2 aliphatic rings. The molecule has 1 N–H and O–H groups in total. The summed E-state index contributed by atoms with van der Waals surface area (Å²) in [5.74, 6) is 0. The molecule has 0 aromatic rings. The topological polar surface area (TPSA) is 24.5 Å². The molecule has 2 heterocycles. The molecule has 0 aliphatic carbocycles. The van der Waals surface area contributed by atoms with Crippen molar-refractivity contribution in [2.75, 3.05) is 26.3 Å². The van der Waals surface area contributed by atoms with E-state index in [0.29, 0.717) is 18.1 Å². The summed E-state index contributed by atoms with van der Waals surface area (Å²) in [4.78, 5) is 2.64. The molecule has 2 rings (SSSR count). The molecular weight excluding hydrogens is 200 g/mol. The quantitative estimate of drug-likeness (QED) is 0.791. The molecule has 0 spiro atoms. The number of ether oxygens (including phenoxy) is 1. The van der Waals surface area contributed by atoms with Gasteiger partial charge in [0.1, 0.15) is 0 Å². The lowest BCUT2D eigenvalue weighted by atomic mass is 10.0. The van der Waals surface area contributed by atoms with E-state index in [1.54, 1.807) is 0 Å². The predicted octanol–water partition coefficient (Wildman–Crippen LogP) is 1.63. The van der Waals surface area contributed by atoms with Crippen molar-refractivity contribution in [1.82, 2.24) is 10.2 Å². The van der Waals surface area contributed by atoms with Gasteiger partial charge in [0.05, 0.1) is 6.61 Å². The molecule has 0 radical (unpaired) electrons. The van der Waals surface area contributed by atoms with Gasteiger partial charge in [0.15, 0.2) is 0 Å². The molecule has 94 valence electrons. The van der Waals surface area contributed by atoms with Crippen LogP contribution in [0.3, 0.4) is 0 Å². The number of nitrogens with one attached hydrogen (secondary N) is 1. The molecule has 0 aromatic carbocycles. The molecule has 0 saturated carbocycles. The average Bonchev–Trinajstić information content (AvgIpc) is 2.30. The molecule has 2 atom stereocenters. The molecule has 2 fully saturated rings. The first kappa shape index (κ1) is 12.3. The highest BCUT2D eigenvalue weighted by atomic mass is 16.5. The Morgan fingerprint density at radius 3 is 2.81 bits per heavy atom.